The number of hydrogen-bond acceptors (Lipinski definition) is 4. The average molecular weight is 273 g/mol. The number of thiazole rings is 1. The highest BCUT2D eigenvalue weighted by Gasteiger charge is 2.50. The van der Waals surface area contributed by atoms with Crippen LogP contribution in [0.5, 0.6) is 11.1 Å². The van der Waals surface area contributed by atoms with Gasteiger partial charge in [0.05, 0.1) is 5.38 Å². The van der Waals surface area contributed by atoms with Crippen molar-refractivity contribution in [3.05, 3.63) is 5.38 Å². The molecule has 1 N–H and O–H groups in total. The van der Waals surface area contributed by atoms with Crippen molar-refractivity contribution < 1.29 is 9.53 Å². The van der Waals surface area contributed by atoms with E-state index in [1.165, 1.54) is 11.3 Å². The van der Waals surface area contributed by atoms with Crippen molar-refractivity contribution in [1.29, 1.82) is 0 Å². The van der Waals surface area contributed by atoms with Crippen molar-refractivity contribution in [2.24, 2.45) is 0 Å². The van der Waals surface area contributed by atoms with Gasteiger partial charge in [0, 0.05) is 0 Å². The van der Waals surface area contributed by atoms with Gasteiger partial charge in [-0.05, 0) is 16.6 Å². The third kappa shape index (κ3) is 2.82. The molecule has 17 heavy (non-hydrogen) atoms. The second-order valence-corrected chi connectivity index (χ2v) is 11.9. The summed E-state index contributed by atoms with van der Waals surface area (Å²) in [5.74, 6) is 0.0571. The summed E-state index contributed by atoms with van der Waals surface area (Å²) in [6, 6.07) is 1.05. The SMILES string of the molecule is CC[Si](Oc1nc(O)cs1)(C(C)C)C(C)(C)C. The van der Waals surface area contributed by atoms with E-state index in [9.17, 15) is 5.11 Å². The Hall–Kier alpha value is -0.553. The summed E-state index contributed by atoms with van der Waals surface area (Å²) in [6.45, 7) is 13.4. The second-order valence-electron chi connectivity index (χ2n) is 5.72. The molecule has 0 saturated carbocycles. The van der Waals surface area contributed by atoms with Crippen molar-refractivity contribution in [2.45, 2.75) is 58.2 Å². The lowest BCUT2D eigenvalue weighted by molar-refractivity contribution is 0.428. The zero-order valence-electron chi connectivity index (χ0n) is 11.6. The summed E-state index contributed by atoms with van der Waals surface area (Å²) in [5.41, 5.74) is 0.513. The maximum Gasteiger partial charge on any atom is 0.262 e. The number of hydrogen-bond donors (Lipinski definition) is 1. The Morgan fingerprint density at radius 3 is 2.35 bits per heavy atom. The van der Waals surface area contributed by atoms with Crippen LogP contribution >= 0.6 is 11.3 Å². The highest BCUT2D eigenvalue weighted by molar-refractivity contribution is 7.12. The fraction of sp³-hybridized carbons (Fsp3) is 0.750. The highest BCUT2D eigenvalue weighted by atomic mass is 32.1. The van der Waals surface area contributed by atoms with Gasteiger partial charge in [-0.1, -0.05) is 52.9 Å². The third-order valence-electron chi connectivity index (χ3n) is 3.47. The lowest BCUT2D eigenvalue weighted by atomic mass is 10.2. The van der Waals surface area contributed by atoms with Gasteiger partial charge < -0.3 is 9.53 Å². The minimum Gasteiger partial charge on any atom is -0.522 e. The maximum atomic E-state index is 9.30. The van der Waals surface area contributed by atoms with Gasteiger partial charge in [-0.25, -0.2) is 0 Å². The summed E-state index contributed by atoms with van der Waals surface area (Å²) in [7, 11) is -1.94. The molecule has 0 aliphatic heterocycles. The molecule has 3 nitrogen and oxygen atoms in total. The molecule has 1 atom stereocenters. The molecule has 0 aromatic carbocycles. The number of rotatable bonds is 4. The van der Waals surface area contributed by atoms with E-state index in [0.29, 0.717) is 10.7 Å². The first-order chi connectivity index (χ1) is 7.73. The highest BCUT2D eigenvalue weighted by Crippen LogP contribution is 2.47. The number of aromatic nitrogens is 1. The molecule has 98 valence electrons. The van der Waals surface area contributed by atoms with Crippen molar-refractivity contribution in [2.75, 3.05) is 0 Å². The maximum absolute atomic E-state index is 9.30. The second kappa shape index (κ2) is 4.98. The molecule has 1 rings (SSSR count). The predicted molar refractivity (Wildman–Crippen MR) is 75.5 cm³/mol. The summed E-state index contributed by atoms with van der Waals surface area (Å²) in [4.78, 5) is 4.03. The topological polar surface area (TPSA) is 42.4 Å². The van der Waals surface area contributed by atoms with Gasteiger partial charge in [0.25, 0.3) is 13.5 Å². The third-order valence-corrected chi connectivity index (χ3v) is 10.3. The normalized spacial score (nSPS) is 15.9. The zero-order chi connectivity index (χ0) is 13.3. The Labute approximate surface area is 109 Å². The molecule has 0 amide bonds. The van der Waals surface area contributed by atoms with Gasteiger partial charge >= 0.3 is 0 Å². The molecule has 1 aromatic rings. The summed E-state index contributed by atoms with van der Waals surface area (Å²) in [6.07, 6.45) is 0. The quantitative estimate of drug-likeness (QED) is 0.827. The van der Waals surface area contributed by atoms with Crippen molar-refractivity contribution >= 4 is 19.7 Å². The van der Waals surface area contributed by atoms with E-state index in [1.807, 2.05) is 0 Å². The molecular weight excluding hydrogens is 250 g/mol. The van der Waals surface area contributed by atoms with Crippen LogP contribution in [-0.2, 0) is 0 Å². The first-order valence-electron chi connectivity index (χ1n) is 6.06. The van der Waals surface area contributed by atoms with Crippen LogP contribution in [0.3, 0.4) is 0 Å². The van der Waals surface area contributed by atoms with E-state index in [4.69, 9.17) is 4.43 Å². The van der Waals surface area contributed by atoms with Gasteiger partial charge in [0.1, 0.15) is 0 Å². The minimum atomic E-state index is -1.94. The first-order valence-corrected chi connectivity index (χ1v) is 9.13. The van der Waals surface area contributed by atoms with Crippen LogP contribution in [-0.4, -0.2) is 18.4 Å². The van der Waals surface area contributed by atoms with Crippen molar-refractivity contribution in [3.63, 3.8) is 0 Å². The van der Waals surface area contributed by atoms with Gasteiger partial charge in [0.15, 0.2) is 0 Å². The van der Waals surface area contributed by atoms with E-state index >= 15 is 0 Å². The summed E-state index contributed by atoms with van der Waals surface area (Å²) in [5, 5.41) is 11.7. The van der Waals surface area contributed by atoms with Gasteiger partial charge in [0.2, 0.25) is 5.88 Å². The van der Waals surface area contributed by atoms with E-state index < -0.39 is 8.32 Å². The monoisotopic (exact) mass is 273 g/mol. The average Bonchev–Trinajstić information content (AvgIpc) is 2.58. The largest absolute Gasteiger partial charge is 0.522 e. The van der Waals surface area contributed by atoms with Gasteiger partial charge in [-0.2, -0.15) is 4.98 Å². The van der Waals surface area contributed by atoms with Crippen LogP contribution < -0.4 is 4.43 Å². The molecule has 0 spiro atoms. The number of nitrogens with zero attached hydrogens (tertiary/aromatic N) is 1. The molecule has 1 unspecified atom stereocenters. The van der Waals surface area contributed by atoms with Crippen LogP contribution in [0.4, 0.5) is 0 Å². The summed E-state index contributed by atoms with van der Waals surface area (Å²) >= 11 is 1.38. The molecule has 0 bridgehead atoms. The van der Waals surface area contributed by atoms with E-state index in [2.05, 4.69) is 46.5 Å². The van der Waals surface area contributed by atoms with Gasteiger partial charge in [-0.3, -0.25) is 0 Å². The Morgan fingerprint density at radius 2 is 2.06 bits per heavy atom. The van der Waals surface area contributed by atoms with Crippen LogP contribution in [0.2, 0.25) is 16.6 Å². The Kier molecular flexibility index (Phi) is 4.25. The molecule has 1 heterocycles. The summed E-state index contributed by atoms with van der Waals surface area (Å²) < 4.78 is 6.28. The Bertz CT molecular complexity index is 373. The van der Waals surface area contributed by atoms with E-state index in [0.717, 1.165) is 6.04 Å². The molecular formula is C12H23NO2SSi. The zero-order valence-corrected chi connectivity index (χ0v) is 13.4. The Balaban J connectivity index is 3.07. The fourth-order valence-corrected chi connectivity index (χ4v) is 8.30. The molecule has 0 aliphatic rings. The lowest BCUT2D eigenvalue weighted by Crippen LogP contribution is -2.52. The van der Waals surface area contributed by atoms with Crippen LogP contribution in [0.25, 0.3) is 0 Å². The number of aromatic hydroxyl groups is 1. The first kappa shape index (κ1) is 14.5. The lowest BCUT2D eigenvalue weighted by Gasteiger charge is -2.43. The van der Waals surface area contributed by atoms with Gasteiger partial charge in [-0.15, -0.1) is 0 Å². The van der Waals surface area contributed by atoms with E-state index in [-0.39, 0.29) is 10.9 Å². The van der Waals surface area contributed by atoms with Crippen LogP contribution in [0.1, 0.15) is 41.5 Å². The molecule has 0 radical (unpaired) electrons. The molecule has 5 heteroatoms. The van der Waals surface area contributed by atoms with Crippen molar-refractivity contribution in [3.8, 4) is 11.1 Å². The smallest absolute Gasteiger partial charge is 0.262 e. The molecule has 0 aliphatic carbocycles. The molecule has 0 fully saturated rings. The predicted octanol–water partition coefficient (Wildman–Crippen LogP) is 4.40. The van der Waals surface area contributed by atoms with E-state index in [1.54, 1.807) is 5.38 Å². The van der Waals surface area contributed by atoms with Crippen LogP contribution in [0, 0.1) is 0 Å². The van der Waals surface area contributed by atoms with Crippen LogP contribution in [0.15, 0.2) is 5.38 Å². The molecule has 0 saturated heterocycles. The molecule has 1 aromatic heterocycles. The Morgan fingerprint density at radius 1 is 1.47 bits per heavy atom. The minimum absolute atomic E-state index is 0.0571. The van der Waals surface area contributed by atoms with Crippen molar-refractivity contribution in [1.82, 2.24) is 4.98 Å². The fourth-order valence-electron chi connectivity index (χ4n) is 2.60. The standard InChI is InChI=1S/C12H23NO2SSi/c1-7-17(9(2)3,12(4,5)6)15-11-13-10(14)8-16-11/h8-9,14H,7H2,1-6H3.